The fourth-order valence-electron chi connectivity index (χ4n) is 4.27. The van der Waals surface area contributed by atoms with E-state index < -0.39 is 6.04 Å². The Morgan fingerprint density at radius 3 is 2.78 bits per heavy atom. The Labute approximate surface area is 213 Å². The van der Waals surface area contributed by atoms with Crippen LogP contribution in [-0.2, 0) is 11.8 Å². The number of nitrogens with one attached hydrogen (secondary N) is 2. The van der Waals surface area contributed by atoms with E-state index in [9.17, 15) is 10.1 Å². The zero-order valence-corrected chi connectivity index (χ0v) is 20.4. The van der Waals surface area contributed by atoms with E-state index in [1.807, 2.05) is 12.1 Å². The van der Waals surface area contributed by atoms with Gasteiger partial charge in [-0.1, -0.05) is 23.7 Å². The second kappa shape index (κ2) is 10.3. The molecule has 1 saturated heterocycles. The summed E-state index contributed by atoms with van der Waals surface area (Å²) in [4.78, 5) is 22.4. The Kier molecular flexibility index (Phi) is 6.80. The molecule has 182 valence electrons. The normalized spacial score (nSPS) is 14.8. The number of aromatic nitrogens is 4. The highest BCUT2D eigenvalue weighted by molar-refractivity contribution is 6.31. The van der Waals surface area contributed by atoms with Gasteiger partial charge in [0.05, 0.1) is 27.8 Å². The van der Waals surface area contributed by atoms with Gasteiger partial charge in [-0.2, -0.15) is 10.4 Å². The number of nitrogens with zero attached hydrogens (tertiary/aromatic N) is 5. The molecule has 0 aliphatic carbocycles. The lowest BCUT2D eigenvalue weighted by Gasteiger charge is -2.23. The van der Waals surface area contributed by atoms with E-state index in [0.29, 0.717) is 27.6 Å². The van der Waals surface area contributed by atoms with Gasteiger partial charge in [-0.3, -0.25) is 9.48 Å². The topological polar surface area (TPSA) is 118 Å². The number of hydrogen-bond acceptors (Lipinski definition) is 7. The van der Waals surface area contributed by atoms with Gasteiger partial charge in [0, 0.05) is 49.6 Å². The van der Waals surface area contributed by atoms with Gasteiger partial charge in [0.15, 0.2) is 0 Å². The molecule has 1 aliphatic rings. The maximum absolute atomic E-state index is 13.4. The summed E-state index contributed by atoms with van der Waals surface area (Å²) >= 11 is 6.29. The van der Waals surface area contributed by atoms with E-state index in [2.05, 4.69) is 31.8 Å². The number of aryl methyl sites for hydroxylation is 1. The minimum Gasteiger partial charge on any atom is -0.381 e. The molecule has 9 nitrogen and oxygen atoms in total. The maximum atomic E-state index is 13.4. The molecule has 1 amide bonds. The van der Waals surface area contributed by atoms with Crippen molar-refractivity contribution in [2.75, 3.05) is 18.5 Å². The Balaban J connectivity index is 1.42. The molecule has 1 unspecified atom stereocenters. The predicted octanol–water partition coefficient (Wildman–Crippen LogP) is 4.00. The third-order valence-electron chi connectivity index (χ3n) is 6.28. The standard InChI is InChI=1S/C26H24ClN7O2/c1-34-23(6-9-30-34)24(16-2-4-18(14-28)21(27)12-16)33-25(35)17-3-5-19-15-29-26(32-22(19)13-17)31-20-7-10-36-11-8-20/h2-6,9,12-13,15,20,24H,7-8,10-11H2,1H3,(H,33,35)(H,29,31,32). The van der Waals surface area contributed by atoms with E-state index >= 15 is 0 Å². The molecular formula is C26H24ClN7O2. The largest absolute Gasteiger partial charge is 0.381 e. The Hall–Kier alpha value is -4.00. The first-order valence-corrected chi connectivity index (χ1v) is 12.0. The van der Waals surface area contributed by atoms with Gasteiger partial charge in [0.1, 0.15) is 6.07 Å². The maximum Gasteiger partial charge on any atom is 0.252 e. The second-order valence-electron chi connectivity index (χ2n) is 8.64. The number of anilines is 1. The summed E-state index contributed by atoms with van der Waals surface area (Å²) in [6.07, 6.45) is 5.22. The van der Waals surface area contributed by atoms with Crippen LogP contribution in [0.25, 0.3) is 10.9 Å². The van der Waals surface area contributed by atoms with Crippen molar-refractivity contribution in [1.82, 2.24) is 25.1 Å². The summed E-state index contributed by atoms with van der Waals surface area (Å²) in [5, 5.41) is 21.1. The first kappa shape index (κ1) is 23.7. The predicted molar refractivity (Wildman–Crippen MR) is 136 cm³/mol. The number of carbonyl (C=O) groups is 1. The van der Waals surface area contributed by atoms with Crippen molar-refractivity contribution in [3.63, 3.8) is 0 Å². The molecule has 5 rings (SSSR count). The first-order valence-electron chi connectivity index (χ1n) is 11.6. The molecule has 2 aromatic heterocycles. The van der Waals surface area contributed by atoms with Gasteiger partial charge < -0.3 is 15.4 Å². The third kappa shape index (κ3) is 5.00. The average Bonchev–Trinajstić information content (AvgIpc) is 3.32. The highest BCUT2D eigenvalue weighted by atomic mass is 35.5. The van der Waals surface area contributed by atoms with Crippen LogP contribution >= 0.6 is 11.6 Å². The molecule has 4 aromatic rings. The quantitative estimate of drug-likeness (QED) is 0.410. The second-order valence-corrected chi connectivity index (χ2v) is 9.04. The van der Waals surface area contributed by atoms with E-state index in [-0.39, 0.29) is 11.9 Å². The van der Waals surface area contributed by atoms with Crippen molar-refractivity contribution < 1.29 is 9.53 Å². The minimum absolute atomic E-state index is 0.265. The third-order valence-corrected chi connectivity index (χ3v) is 6.59. The Morgan fingerprint density at radius 1 is 1.22 bits per heavy atom. The van der Waals surface area contributed by atoms with Crippen LogP contribution in [0.15, 0.2) is 54.9 Å². The molecule has 0 radical (unpaired) electrons. The average molecular weight is 502 g/mol. The smallest absolute Gasteiger partial charge is 0.252 e. The molecule has 36 heavy (non-hydrogen) atoms. The highest BCUT2D eigenvalue weighted by Gasteiger charge is 2.22. The zero-order chi connectivity index (χ0) is 25.1. The van der Waals surface area contributed by atoms with Gasteiger partial charge in [0.25, 0.3) is 5.91 Å². The molecule has 10 heteroatoms. The SMILES string of the molecule is Cn1nccc1C(NC(=O)c1ccc2cnc(NC3CCOCC3)nc2c1)c1ccc(C#N)c(Cl)c1. The van der Waals surface area contributed by atoms with Crippen molar-refractivity contribution >= 4 is 34.4 Å². The lowest BCUT2D eigenvalue weighted by Crippen LogP contribution is -2.30. The van der Waals surface area contributed by atoms with Crippen molar-refractivity contribution in [2.24, 2.45) is 7.05 Å². The number of ether oxygens (including phenoxy) is 1. The summed E-state index contributed by atoms with van der Waals surface area (Å²) in [5.74, 6) is 0.257. The Morgan fingerprint density at radius 2 is 2.06 bits per heavy atom. The summed E-state index contributed by atoms with van der Waals surface area (Å²) < 4.78 is 7.11. The fourth-order valence-corrected chi connectivity index (χ4v) is 4.50. The van der Waals surface area contributed by atoms with Gasteiger partial charge in [-0.15, -0.1) is 0 Å². The molecule has 0 spiro atoms. The van der Waals surface area contributed by atoms with Crippen molar-refractivity contribution in [3.8, 4) is 6.07 Å². The van der Waals surface area contributed by atoms with Crippen LogP contribution in [0.2, 0.25) is 5.02 Å². The molecule has 3 heterocycles. The van der Waals surface area contributed by atoms with Gasteiger partial charge >= 0.3 is 0 Å². The Bertz CT molecular complexity index is 1460. The number of halogens is 1. The van der Waals surface area contributed by atoms with Gasteiger partial charge in [0.2, 0.25) is 5.95 Å². The summed E-state index contributed by atoms with van der Waals surface area (Å²) in [6, 6.07) is 14.1. The van der Waals surface area contributed by atoms with Gasteiger partial charge in [-0.25, -0.2) is 9.97 Å². The monoisotopic (exact) mass is 501 g/mol. The molecule has 2 aromatic carbocycles. The summed E-state index contributed by atoms with van der Waals surface area (Å²) in [5.41, 5.74) is 3.02. The summed E-state index contributed by atoms with van der Waals surface area (Å²) in [7, 11) is 1.81. The lowest BCUT2D eigenvalue weighted by atomic mass is 10.0. The minimum atomic E-state index is -0.526. The number of hydrogen-bond donors (Lipinski definition) is 2. The molecule has 0 saturated carbocycles. The number of carbonyl (C=O) groups excluding carboxylic acids is 1. The van der Waals surface area contributed by atoms with Crippen LogP contribution in [-0.4, -0.2) is 44.9 Å². The zero-order valence-electron chi connectivity index (χ0n) is 19.6. The lowest BCUT2D eigenvalue weighted by molar-refractivity contribution is 0.0903. The molecule has 1 atom stereocenters. The van der Waals surface area contributed by atoms with Crippen molar-refractivity contribution in [2.45, 2.75) is 24.9 Å². The van der Waals surface area contributed by atoms with E-state index in [1.165, 1.54) is 0 Å². The van der Waals surface area contributed by atoms with E-state index in [0.717, 1.165) is 42.7 Å². The molecule has 1 aliphatic heterocycles. The molecule has 2 N–H and O–H groups in total. The number of rotatable bonds is 6. The van der Waals surface area contributed by atoms with E-state index in [1.54, 1.807) is 54.5 Å². The fraction of sp³-hybridized carbons (Fsp3) is 0.269. The highest BCUT2D eigenvalue weighted by Crippen LogP contribution is 2.27. The van der Waals surface area contributed by atoms with Crippen molar-refractivity contribution in [3.05, 3.63) is 82.3 Å². The number of fused-ring (bicyclic) bond motifs is 1. The number of amides is 1. The van der Waals surface area contributed by atoms with Crippen LogP contribution in [0.3, 0.4) is 0 Å². The van der Waals surface area contributed by atoms with Crippen LogP contribution in [0.4, 0.5) is 5.95 Å². The van der Waals surface area contributed by atoms with Crippen LogP contribution in [0, 0.1) is 11.3 Å². The van der Waals surface area contributed by atoms with Crippen LogP contribution < -0.4 is 10.6 Å². The van der Waals surface area contributed by atoms with Gasteiger partial charge in [-0.05, 0) is 48.7 Å². The first-order chi connectivity index (χ1) is 17.5. The molecular weight excluding hydrogens is 478 g/mol. The number of nitriles is 1. The summed E-state index contributed by atoms with van der Waals surface area (Å²) in [6.45, 7) is 1.44. The van der Waals surface area contributed by atoms with Crippen molar-refractivity contribution in [1.29, 1.82) is 5.26 Å². The molecule has 1 fully saturated rings. The van der Waals surface area contributed by atoms with Crippen LogP contribution in [0.1, 0.15) is 46.1 Å². The number of benzene rings is 2. The van der Waals surface area contributed by atoms with Crippen LogP contribution in [0.5, 0.6) is 0 Å². The molecule has 0 bridgehead atoms. The van der Waals surface area contributed by atoms with E-state index in [4.69, 9.17) is 16.3 Å².